The summed E-state index contributed by atoms with van der Waals surface area (Å²) < 4.78 is 1.32. The molecule has 5 heteroatoms. The first-order valence-electron chi connectivity index (χ1n) is 9.34. The van der Waals surface area contributed by atoms with Crippen molar-refractivity contribution >= 4 is 16.7 Å². The molecule has 1 aromatic heterocycles. The molecule has 25 heavy (non-hydrogen) atoms. The molecule has 0 unspecified atom stereocenters. The number of nitrogens with one attached hydrogen (secondary N) is 1. The molecule has 3 rings (SSSR count). The van der Waals surface area contributed by atoms with Crippen LogP contribution in [-0.4, -0.2) is 21.7 Å². The van der Waals surface area contributed by atoms with Crippen LogP contribution >= 0.6 is 0 Å². The van der Waals surface area contributed by atoms with E-state index in [1.54, 1.807) is 13.1 Å². The number of aryl methyl sites for hydroxylation is 1. The summed E-state index contributed by atoms with van der Waals surface area (Å²) in [4.78, 5) is 24.8. The highest BCUT2D eigenvalue weighted by molar-refractivity contribution is 5.88. The van der Waals surface area contributed by atoms with Gasteiger partial charge in [0.25, 0.3) is 5.56 Å². The summed E-state index contributed by atoms with van der Waals surface area (Å²) in [7, 11) is 1.63. The fraction of sp³-hybridized carbons (Fsp3) is 0.550. The van der Waals surface area contributed by atoms with E-state index in [0.717, 1.165) is 11.8 Å². The van der Waals surface area contributed by atoms with Crippen LogP contribution < -0.4 is 10.9 Å². The van der Waals surface area contributed by atoms with Crippen LogP contribution in [0.25, 0.3) is 10.8 Å². The van der Waals surface area contributed by atoms with Gasteiger partial charge in [-0.3, -0.25) is 9.59 Å². The molecular formula is C20H27N3O2. The fourth-order valence-corrected chi connectivity index (χ4v) is 3.96. The molecule has 0 aliphatic heterocycles. The normalized spacial score (nSPS) is 20.1. The highest BCUT2D eigenvalue weighted by Crippen LogP contribution is 2.30. The van der Waals surface area contributed by atoms with Crippen LogP contribution in [0, 0.1) is 5.92 Å². The monoisotopic (exact) mass is 341 g/mol. The van der Waals surface area contributed by atoms with Crippen LogP contribution in [0.2, 0.25) is 0 Å². The maximum absolute atomic E-state index is 12.6. The Morgan fingerprint density at radius 1 is 1.28 bits per heavy atom. The highest BCUT2D eigenvalue weighted by atomic mass is 16.2. The summed E-state index contributed by atoms with van der Waals surface area (Å²) in [6.07, 6.45) is 7.32. The number of carbonyl (C=O) groups is 1. The van der Waals surface area contributed by atoms with E-state index in [4.69, 9.17) is 0 Å². The van der Waals surface area contributed by atoms with E-state index in [2.05, 4.69) is 17.3 Å². The fourth-order valence-electron chi connectivity index (χ4n) is 3.96. The van der Waals surface area contributed by atoms with E-state index >= 15 is 0 Å². The van der Waals surface area contributed by atoms with Gasteiger partial charge in [0.15, 0.2) is 0 Å². The van der Waals surface area contributed by atoms with Gasteiger partial charge in [-0.05, 0) is 31.2 Å². The first kappa shape index (κ1) is 17.6. The number of nitrogens with zero attached hydrogens (tertiary/aromatic N) is 2. The van der Waals surface area contributed by atoms with Crippen LogP contribution in [0.4, 0.5) is 0 Å². The summed E-state index contributed by atoms with van der Waals surface area (Å²) >= 11 is 0. The average Bonchev–Trinajstić information content (AvgIpc) is 3.04. The number of carbonyl (C=O) groups excluding carboxylic acids is 1. The summed E-state index contributed by atoms with van der Waals surface area (Å²) in [5, 5.41) is 8.93. The Bertz CT molecular complexity index is 812. The minimum Gasteiger partial charge on any atom is -0.353 e. The largest absolute Gasteiger partial charge is 0.353 e. The molecular weight excluding hydrogens is 314 g/mol. The number of fused-ring (bicyclic) bond motifs is 1. The molecule has 0 bridgehead atoms. The van der Waals surface area contributed by atoms with Gasteiger partial charge in [-0.1, -0.05) is 44.4 Å². The lowest BCUT2D eigenvalue weighted by atomic mass is 9.96. The van der Waals surface area contributed by atoms with Crippen molar-refractivity contribution in [3.05, 3.63) is 40.3 Å². The third-order valence-electron chi connectivity index (χ3n) is 5.29. The number of benzene rings is 1. The lowest BCUT2D eigenvalue weighted by molar-refractivity contribution is -0.121. The van der Waals surface area contributed by atoms with E-state index < -0.39 is 0 Å². The third kappa shape index (κ3) is 3.91. The molecule has 1 saturated carbocycles. The maximum Gasteiger partial charge on any atom is 0.274 e. The smallest absolute Gasteiger partial charge is 0.274 e. The topological polar surface area (TPSA) is 64.0 Å². The third-order valence-corrected chi connectivity index (χ3v) is 5.29. The zero-order chi connectivity index (χ0) is 17.8. The van der Waals surface area contributed by atoms with Crippen LogP contribution in [-0.2, 0) is 18.3 Å². The first-order chi connectivity index (χ1) is 12.1. The maximum atomic E-state index is 12.6. The second kappa shape index (κ2) is 7.81. The summed E-state index contributed by atoms with van der Waals surface area (Å²) in [6, 6.07) is 7.66. The molecule has 1 N–H and O–H groups in total. The van der Waals surface area contributed by atoms with Gasteiger partial charge in [-0.2, -0.15) is 5.10 Å². The zero-order valence-electron chi connectivity index (χ0n) is 15.1. The molecule has 1 aromatic carbocycles. The van der Waals surface area contributed by atoms with Crippen molar-refractivity contribution in [1.82, 2.24) is 15.1 Å². The van der Waals surface area contributed by atoms with Crippen molar-refractivity contribution in [2.45, 2.75) is 57.9 Å². The Morgan fingerprint density at radius 3 is 2.80 bits per heavy atom. The minimum atomic E-state index is -0.129. The predicted molar refractivity (Wildman–Crippen MR) is 99.5 cm³/mol. The number of amides is 1. The molecule has 0 radical (unpaired) electrons. The Morgan fingerprint density at radius 2 is 2.04 bits per heavy atom. The number of hydrogen-bond acceptors (Lipinski definition) is 3. The number of aromatic nitrogens is 2. The summed E-state index contributed by atoms with van der Waals surface area (Å²) in [5.41, 5.74) is 0.536. The summed E-state index contributed by atoms with van der Waals surface area (Å²) in [5.74, 6) is 0.610. The van der Waals surface area contributed by atoms with E-state index in [1.807, 2.05) is 18.2 Å². The summed E-state index contributed by atoms with van der Waals surface area (Å²) in [6.45, 7) is 2.21. The molecule has 0 saturated heterocycles. The Kier molecular flexibility index (Phi) is 5.51. The molecule has 0 spiro atoms. The number of unbranched alkanes of at least 4 members (excludes halogenated alkanes) is 1. The van der Waals surface area contributed by atoms with E-state index in [0.29, 0.717) is 17.0 Å². The Hall–Kier alpha value is -2.17. The molecule has 1 aliphatic rings. The zero-order valence-corrected chi connectivity index (χ0v) is 15.1. The molecule has 1 amide bonds. The molecule has 1 aliphatic carbocycles. The Labute approximate surface area is 148 Å². The van der Waals surface area contributed by atoms with Crippen molar-refractivity contribution in [2.24, 2.45) is 13.0 Å². The van der Waals surface area contributed by atoms with Crippen molar-refractivity contribution in [3.63, 3.8) is 0 Å². The SMILES string of the molecule is CCCC[C@@H]1CCC[C@H]1NC(=O)Cc1nn(C)c(=O)c2ccccc12. The van der Waals surface area contributed by atoms with Gasteiger partial charge in [0.2, 0.25) is 5.91 Å². The number of rotatable bonds is 6. The van der Waals surface area contributed by atoms with Crippen molar-refractivity contribution in [3.8, 4) is 0 Å². The molecule has 134 valence electrons. The molecule has 2 aromatic rings. The molecule has 2 atom stereocenters. The predicted octanol–water partition coefficient (Wildman–Crippen LogP) is 2.95. The van der Waals surface area contributed by atoms with Gasteiger partial charge in [-0.25, -0.2) is 4.68 Å². The van der Waals surface area contributed by atoms with Crippen LogP contribution in [0.5, 0.6) is 0 Å². The quantitative estimate of drug-likeness (QED) is 0.878. The highest BCUT2D eigenvalue weighted by Gasteiger charge is 2.28. The van der Waals surface area contributed by atoms with Gasteiger partial charge in [0, 0.05) is 18.5 Å². The minimum absolute atomic E-state index is 0.00435. The van der Waals surface area contributed by atoms with Crippen LogP contribution in [0.1, 0.15) is 51.1 Å². The van der Waals surface area contributed by atoms with Crippen LogP contribution in [0.15, 0.2) is 29.1 Å². The van der Waals surface area contributed by atoms with Crippen LogP contribution in [0.3, 0.4) is 0 Å². The van der Waals surface area contributed by atoms with Crippen molar-refractivity contribution in [2.75, 3.05) is 0 Å². The molecule has 1 heterocycles. The molecule has 5 nitrogen and oxygen atoms in total. The van der Waals surface area contributed by atoms with Gasteiger partial charge < -0.3 is 5.32 Å². The van der Waals surface area contributed by atoms with Gasteiger partial charge in [-0.15, -0.1) is 0 Å². The van der Waals surface area contributed by atoms with E-state index in [1.165, 1.54) is 36.8 Å². The average molecular weight is 341 g/mol. The van der Waals surface area contributed by atoms with Crippen molar-refractivity contribution < 1.29 is 4.79 Å². The van der Waals surface area contributed by atoms with Gasteiger partial charge in [0.05, 0.1) is 17.5 Å². The van der Waals surface area contributed by atoms with Gasteiger partial charge >= 0.3 is 0 Å². The van der Waals surface area contributed by atoms with Gasteiger partial charge in [0.1, 0.15) is 0 Å². The Balaban J connectivity index is 1.74. The van der Waals surface area contributed by atoms with E-state index in [9.17, 15) is 9.59 Å². The number of hydrogen-bond donors (Lipinski definition) is 1. The lowest BCUT2D eigenvalue weighted by Gasteiger charge is -2.21. The van der Waals surface area contributed by atoms with Crippen molar-refractivity contribution in [1.29, 1.82) is 0 Å². The second-order valence-electron chi connectivity index (χ2n) is 7.11. The standard InChI is InChI=1S/C20H27N3O2/c1-3-4-8-14-9-7-12-17(14)21-19(24)13-18-15-10-5-6-11-16(15)20(25)23(2)22-18/h5-6,10-11,14,17H,3-4,7-9,12-13H2,1-2H3,(H,21,24)/t14-,17-/m1/s1. The first-order valence-corrected chi connectivity index (χ1v) is 9.34. The second-order valence-corrected chi connectivity index (χ2v) is 7.11. The lowest BCUT2D eigenvalue weighted by Crippen LogP contribution is -2.38. The van der Waals surface area contributed by atoms with E-state index in [-0.39, 0.29) is 23.9 Å². The molecule has 1 fully saturated rings.